The number of methoxy groups -OCH3 is 1. The molecular formula is C23H21BrFN3O2S. The summed E-state index contributed by atoms with van der Waals surface area (Å²) >= 11 is 4.78. The van der Waals surface area contributed by atoms with Gasteiger partial charge in [-0.3, -0.25) is 9.79 Å². The number of hydrogen-bond donors (Lipinski definition) is 1. The number of benzodiazepines with no additional fused rings is 1. The Morgan fingerprint density at radius 3 is 2.84 bits per heavy atom. The number of fused-ring (bicyclic) bond motifs is 1. The summed E-state index contributed by atoms with van der Waals surface area (Å²) in [6, 6.07) is 15.8. The zero-order chi connectivity index (χ0) is 22.0. The van der Waals surface area contributed by atoms with Crippen LogP contribution in [0.5, 0.6) is 5.75 Å². The Labute approximate surface area is 192 Å². The van der Waals surface area contributed by atoms with Crippen molar-refractivity contribution in [2.45, 2.75) is 6.04 Å². The molecule has 5 nitrogen and oxygen atoms in total. The first-order chi connectivity index (χ1) is 15.0. The third kappa shape index (κ3) is 4.65. The highest BCUT2D eigenvalue weighted by molar-refractivity contribution is 9.11. The molecule has 31 heavy (non-hydrogen) atoms. The van der Waals surface area contributed by atoms with Crippen molar-refractivity contribution >= 4 is 44.6 Å². The lowest BCUT2D eigenvalue weighted by Crippen LogP contribution is -2.43. The second-order valence-electron chi connectivity index (χ2n) is 7.16. The molecule has 1 aromatic heterocycles. The third-order valence-electron chi connectivity index (χ3n) is 5.24. The number of ether oxygens (including phenoxy) is 1. The fraction of sp³-hybridized carbons (Fsp3) is 0.217. The molecule has 0 fully saturated rings. The number of benzene rings is 2. The highest BCUT2D eigenvalue weighted by atomic mass is 79.9. The molecule has 160 valence electrons. The van der Waals surface area contributed by atoms with Crippen molar-refractivity contribution < 1.29 is 13.9 Å². The van der Waals surface area contributed by atoms with Crippen LogP contribution in [0.2, 0.25) is 0 Å². The maximum absolute atomic E-state index is 13.9. The van der Waals surface area contributed by atoms with Crippen molar-refractivity contribution in [3.8, 4) is 5.75 Å². The number of amides is 1. The summed E-state index contributed by atoms with van der Waals surface area (Å²) in [7, 11) is 3.59. The van der Waals surface area contributed by atoms with Crippen molar-refractivity contribution in [1.29, 1.82) is 0 Å². The van der Waals surface area contributed by atoms with Gasteiger partial charge in [0.1, 0.15) is 11.6 Å². The Morgan fingerprint density at radius 2 is 2.13 bits per heavy atom. The largest absolute Gasteiger partial charge is 0.497 e. The van der Waals surface area contributed by atoms with Gasteiger partial charge < -0.3 is 15.0 Å². The van der Waals surface area contributed by atoms with Crippen LogP contribution in [-0.2, 0) is 0 Å². The van der Waals surface area contributed by atoms with Gasteiger partial charge in [0.25, 0.3) is 5.91 Å². The number of likely N-dealkylation sites (N-methyl/N-ethyl adjacent to an activating group) is 1. The number of thiophene rings is 1. The second-order valence-corrected chi connectivity index (χ2v) is 9.62. The van der Waals surface area contributed by atoms with E-state index >= 15 is 0 Å². The van der Waals surface area contributed by atoms with E-state index in [0.29, 0.717) is 23.5 Å². The Morgan fingerprint density at radius 1 is 1.29 bits per heavy atom. The summed E-state index contributed by atoms with van der Waals surface area (Å²) in [5.74, 6) is 0.296. The van der Waals surface area contributed by atoms with Gasteiger partial charge in [0.05, 0.1) is 34.1 Å². The van der Waals surface area contributed by atoms with E-state index in [-0.39, 0.29) is 17.8 Å². The molecule has 1 N–H and O–H groups in total. The Hall–Kier alpha value is -2.71. The lowest BCUT2D eigenvalue weighted by atomic mass is 10.00. The number of halogens is 2. The Bertz CT molecular complexity index is 1150. The normalized spacial score (nSPS) is 15.7. The maximum Gasteiger partial charge on any atom is 0.261 e. The molecule has 0 saturated carbocycles. The fourth-order valence-corrected chi connectivity index (χ4v) is 4.85. The van der Waals surface area contributed by atoms with E-state index in [1.807, 2.05) is 37.4 Å². The highest BCUT2D eigenvalue weighted by Crippen LogP contribution is 2.31. The topological polar surface area (TPSA) is 53.9 Å². The number of nitrogens with zero attached hydrogens (tertiary/aromatic N) is 2. The molecule has 4 rings (SSSR count). The van der Waals surface area contributed by atoms with E-state index in [4.69, 9.17) is 9.73 Å². The molecule has 8 heteroatoms. The number of carbonyl (C=O) groups excluding carboxylic acids is 1. The predicted molar refractivity (Wildman–Crippen MR) is 126 cm³/mol. The van der Waals surface area contributed by atoms with Crippen molar-refractivity contribution in [1.82, 2.24) is 5.32 Å². The van der Waals surface area contributed by atoms with Crippen LogP contribution in [0, 0.1) is 5.82 Å². The minimum Gasteiger partial charge on any atom is -0.497 e. The molecule has 0 aliphatic carbocycles. The molecule has 3 aromatic rings. The minimum absolute atomic E-state index is 0.0794. The summed E-state index contributed by atoms with van der Waals surface area (Å²) < 4.78 is 20.2. The zero-order valence-corrected chi connectivity index (χ0v) is 19.5. The van der Waals surface area contributed by atoms with Gasteiger partial charge in [0.15, 0.2) is 0 Å². The number of nitrogens with one attached hydrogen (secondary N) is 1. The Kier molecular flexibility index (Phi) is 6.38. The number of anilines is 1. The molecule has 1 amide bonds. The Balaban J connectivity index is 1.65. The van der Waals surface area contributed by atoms with Crippen LogP contribution in [-0.4, -0.2) is 44.9 Å². The zero-order valence-electron chi connectivity index (χ0n) is 17.1. The lowest BCUT2D eigenvalue weighted by Gasteiger charge is -2.29. The monoisotopic (exact) mass is 501 g/mol. The molecule has 0 saturated heterocycles. The summed E-state index contributed by atoms with van der Waals surface area (Å²) in [6.45, 7) is 0.870. The van der Waals surface area contributed by atoms with E-state index in [9.17, 15) is 9.18 Å². The van der Waals surface area contributed by atoms with Gasteiger partial charge in [-0.1, -0.05) is 12.1 Å². The summed E-state index contributed by atoms with van der Waals surface area (Å²) in [5.41, 5.74) is 3.25. The van der Waals surface area contributed by atoms with Gasteiger partial charge >= 0.3 is 0 Å². The summed E-state index contributed by atoms with van der Waals surface area (Å²) in [6.07, 6.45) is 0. The number of hydrogen-bond acceptors (Lipinski definition) is 5. The molecule has 1 aliphatic rings. The SMILES string of the molecule is COc1ccc2c(c1)N(C)C(CNC(=O)c1ccc(Br)s1)CN=C2c1cccc(F)c1. The van der Waals surface area contributed by atoms with E-state index in [1.54, 1.807) is 19.2 Å². The number of rotatable bonds is 5. The average Bonchev–Trinajstić information content (AvgIpc) is 3.16. The van der Waals surface area contributed by atoms with E-state index in [1.165, 1.54) is 23.5 Å². The number of aliphatic imine (C=N–C) groups is 1. The fourth-order valence-electron chi connectivity index (χ4n) is 3.55. The van der Waals surface area contributed by atoms with Crippen molar-refractivity contribution in [2.75, 3.05) is 32.1 Å². The van der Waals surface area contributed by atoms with Gasteiger partial charge in [-0.2, -0.15) is 0 Å². The van der Waals surface area contributed by atoms with Crippen LogP contribution >= 0.6 is 27.3 Å². The van der Waals surface area contributed by atoms with Crippen LogP contribution in [0.25, 0.3) is 0 Å². The van der Waals surface area contributed by atoms with Gasteiger partial charge in [0, 0.05) is 36.5 Å². The van der Waals surface area contributed by atoms with Gasteiger partial charge in [-0.15, -0.1) is 11.3 Å². The van der Waals surface area contributed by atoms with Crippen LogP contribution in [0.1, 0.15) is 20.8 Å². The molecule has 1 atom stereocenters. The molecule has 0 bridgehead atoms. The first-order valence-corrected chi connectivity index (χ1v) is 11.3. The maximum atomic E-state index is 13.9. The molecule has 2 aromatic carbocycles. The number of carbonyl (C=O) groups is 1. The van der Waals surface area contributed by atoms with E-state index in [0.717, 1.165) is 26.5 Å². The molecule has 1 aliphatic heterocycles. The van der Waals surface area contributed by atoms with Crippen LogP contribution in [0.15, 0.2) is 63.4 Å². The van der Waals surface area contributed by atoms with Gasteiger partial charge in [0.2, 0.25) is 0 Å². The van der Waals surface area contributed by atoms with Crippen LogP contribution in [0.4, 0.5) is 10.1 Å². The molecular weight excluding hydrogens is 481 g/mol. The standard InChI is InChI=1S/C23H21BrFN3O2S/c1-28-16(13-27-23(29)20-8-9-21(24)31-20)12-26-22(14-4-3-5-15(25)10-14)18-7-6-17(30-2)11-19(18)28/h3-11,16H,12-13H2,1-2H3,(H,27,29). The molecule has 2 heterocycles. The minimum atomic E-state index is -0.307. The van der Waals surface area contributed by atoms with E-state index in [2.05, 4.69) is 26.1 Å². The highest BCUT2D eigenvalue weighted by Gasteiger charge is 2.25. The quantitative estimate of drug-likeness (QED) is 0.549. The smallest absolute Gasteiger partial charge is 0.261 e. The molecule has 0 radical (unpaired) electrons. The lowest BCUT2D eigenvalue weighted by molar-refractivity contribution is 0.0955. The summed E-state index contributed by atoms with van der Waals surface area (Å²) in [4.78, 5) is 20.1. The van der Waals surface area contributed by atoms with Crippen molar-refractivity contribution in [3.63, 3.8) is 0 Å². The van der Waals surface area contributed by atoms with Gasteiger partial charge in [-0.05, 0) is 52.3 Å². The first kappa shape index (κ1) is 21.5. The van der Waals surface area contributed by atoms with Crippen molar-refractivity contribution in [3.05, 3.63) is 80.2 Å². The van der Waals surface area contributed by atoms with Crippen LogP contribution in [0.3, 0.4) is 0 Å². The predicted octanol–water partition coefficient (Wildman–Crippen LogP) is 4.74. The van der Waals surface area contributed by atoms with E-state index < -0.39 is 0 Å². The van der Waals surface area contributed by atoms with Crippen LogP contribution < -0.4 is 15.0 Å². The third-order valence-corrected chi connectivity index (χ3v) is 6.86. The average molecular weight is 502 g/mol. The molecule has 0 spiro atoms. The summed E-state index contributed by atoms with van der Waals surface area (Å²) in [5, 5.41) is 3.01. The second kappa shape index (κ2) is 9.20. The first-order valence-electron chi connectivity index (χ1n) is 9.71. The van der Waals surface area contributed by atoms with Crippen molar-refractivity contribution in [2.24, 2.45) is 4.99 Å². The molecule has 1 unspecified atom stereocenters. The van der Waals surface area contributed by atoms with Gasteiger partial charge in [-0.25, -0.2) is 4.39 Å².